The summed E-state index contributed by atoms with van der Waals surface area (Å²) >= 11 is 1.34. The maximum atomic E-state index is 14.5. The molecule has 0 fully saturated rings. The molecular formula is C39H50N6O6S. The van der Waals surface area contributed by atoms with Gasteiger partial charge in [-0.05, 0) is 41.5 Å². The minimum atomic E-state index is -1.52. The summed E-state index contributed by atoms with van der Waals surface area (Å²) in [6.07, 6.45) is 0.488. The number of carbonyl (C=O) groups excluding carboxylic acids is 4. The lowest BCUT2D eigenvalue weighted by atomic mass is 9.81. The van der Waals surface area contributed by atoms with E-state index in [1.165, 1.54) is 11.3 Å². The van der Waals surface area contributed by atoms with Crippen LogP contribution in [0.4, 0.5) is 4.79 Å². The zero-order valence-corrected chi connectivity index (χ0v) is 31.0. The molecule has 2 unspecified atom stereocenters. The number of aromatic nitrogens is 2. The minimum Gasteiger partial charge on any atom is -0.445 e. The Morgan fingerprint density at radius 1 is 0.904 bits per heavy atom. The number of ether oxygens (including phenoxy) is 1. The van der Waals surface area contributed by atoms with Gasteiger partial charge >= 0.3 is 6.09 Å². The summed E-state index contributed by atoms with van der Waals surface area (Å²) in [5.41, 5.74) is 10.7. The van der Waals surface area contributed by atoms with Crippen molar-refractivity contribution in [3.63, 3.8) is 0 Å². The van der Waals surface area contributed by atoms with Gasteiger partial charge in [-0.1, -0.05) is 82.6 Å². The first-order chi connectivity index (χ1) is 25.0. The third-order valence-electron chi connectivity index (χ3n) is 9.03. The standard InChI is InChI=1S/C39H50N6O6S/c1-5-25(4)20-42-38(49)34(40)36(47)30(17-24(2)3)35(46)32(19-28-22-52-23-43-28)44-37(48)33(45-39(50)51-21-26-11-7-6-8-12-26)18-27-13-9-15-31-29(27)14-10-16-41-31/h6-16,22-25,30,32-34,36,47H,5,17-21,40H2,1-4H3,(H,42,49)(H,44,48)(H,45,50)/t25?,30-,32+,33+,34?,36+/m1/s1. The second kappa shape index (κ2) is 19.8. The number of nitrogens with two attached hydrogens (primary N) is 1. The molecule has 0 spiro atoms. The Labute approximate surface area is 309 Å². The quantitative estimate of drug-likeness (QED) is 0.0936. The summed E-state index contributed by atoms with van der Waals surface area (Å²) in [4.78, 5) is 63.6. The molecular weight excluding hydrogens is 681 g/mol. The number of rotatable bonds is 19. The number of amides is 3. The Morgan fingerprint density at radius 3 is 2.37 bits per heavy atom. The highest BCUT2D eigenvalue weighted by Gasteiger charge is 2.39. The monoisotopic (exact) mass is 730 g/mol. The van der Waals surface area contributed by atoms with E-state index in [1.54, 1.807) is 23.2 Å². The molecule has 4 rings (SSSR count). The highest BCUT2D eigenvalue weighted by Crippen LogP contribution is 2.23. The minimum absolute atomic E-state index is 0.00982. The van der Waals surface area contributed by atoms with Crippen molar-refractivity contribution in [1.82, 2.24) is 25.9 Å². The van der Waals surface area contributed by atoms with Crippen molar-refractivity contribution < 1.29 is 29.0 Å². The van der Waals surface area contributed by atoms with E-state index >= 15 is 0 Å². The van der Waals surface area contributed by atoms with Crippen LogP contribution in [0.2, 0.25) is 0 Å². The van der Waals surface area contributed by atoms with Gasteiger partial charge in [0.1, 0.15) is 18.7 Å². The summed E-state index contributed by atoms with van der Waals surface area (Å²) in [6.45, 7) is 8.17. The van der Waals surface area contributed by atoms with E-state index in [0.717, 1.165) is 28.5 Å². The second-order valence-electron chi connectivity index (χ2n) is 13.6. The normalized spacial score (nSPS) is 14.8. The lowest BCUT2D eigenvalue weighted by Gasteiger charge is -2.31. The summed E-state index contributed by atoms with van der Waals surface area (Å²) in [7, 11) is 0. The Balaban J connectivity index is 1.61. The highest BCUT2D eigenvalue weighted by atomic mass is 32.1. The van der Waals surface area contributed by atoms with Gasteiger partial charge in [-0.25, -0.2) is 9.78 Å². The predicted molar refractivity (Wildman–Crippen MR) is 201 cm³/mol. The molecule has 2 heterocycles. The molecule has 12 nitrogen and oxygen atoms in total. The molecule has 0 aliphatic heterocycles. The van der Waals surface area contributed by atoms with Crippen LogP contribution in [-0.4, -0.2) is 69.5 Å². The maximum Gasteiger partial charge on any atom is 0.408 e. The second-order valence-corrected chi connectivity index (χ2v) is 14.3. The fraction of sp³-hybridized carbons (Fsp3) is 0.436. The predicted octanol–water partition coefficient (Wildman–Crippen LogP) is 4.34. The molecule has 0 saturated carbocycles. The lowest BCUT2D eigenvalue weighted by Crippen LogP contribution is -2.58. The number of benzene rings is 2. The van der Waals surface area contributed by atoms with Crippen LogP contribution in [0, 0.1) is 17.8 Å². The number of thiazole rings is 1. The summed E-state index contributed by atoms with van der Waals surface area (Å²) in [6, 6.07) is 14.6. The topological polar surface area (TPSA) is 186 Å². The number of alkyl carbamates (subject to hydrolysis) is 1. The van der Waals surface area contributed by atoms with Gasteiger partial charge in [0, 0.05) is 42.3 Å². The van der Waals surface area contributed by atoms with Crippen LogP contribution < -0.4 is 21.7 Å². The van der Waals surface area contributed by atoms with Crippen molar-refractivity contribution in [1.29, 1.82) is 0 Å². The number of fused-ring (bicyclic) bond motifs is 1. The Morgan fingerprint density at radius 2 is 1.67 bits per heavy atom. The smallest absolute Gasteiger partial charge is 0.408 e. The number of aliphatic hydroxyl groups excluding tert-OH is 1. The Hall–Kier alpha value is -4.72. The molecule has 6 atom stereocenters. The van der Waals surface area contributed by atoms with E-state index < -0.39 is 53.8 Å². The molecule has 2 aromatic carbocycles. The molecule has 0 saturated heterocycles. The number of carbonyl (C=O) groups is 4. The van der Waals surface area contributed by atoms with Crippen molar-refractivity contribution in [2.24, 2.45) is 23.5 Å². The maximum absolute atomic E-state index is 14.5. The number of hydrogen-bond donors (Lipinski definition) is 5. The average molecular weight is 731 g/mol. The first-order valence-corrected chi connectivity index (χ1v) is 18.6. The van der Waals surface area contributed by atoms with Crippen molar-refractivity contribution in [3.8, 4) is 0 Å². The van der Waals surface area contributed by atoms with E-state index in [0.29, 0.717) is 12.2 Å². The summed E-state index contributed by atoms with van der Waals surface area (Å²) in [5, 5.41) is 22.4. The number of nitrogens with zero attached hydrogens (tertiary/aromatic N) is 2. The Kier molecular flexibility index (Phi) is 15.2. The van der Waals surface area contributed by atoms with Crippen LogP contribution in [0.5, 0.6) is 0 Å². The van der Waals surface area contributed by atoms with E-state index in [2.05, 4.69) is 25.9 Å². The molecule has 4 aromatic rings. The van der Waals surface area contributed by atoms with Crippen LogP contribution in [-0.2, 0) is 38.6 Å². The van der Waals surface area contributed by atoms with E-state index in [4.69, 9.17) is 10.5 Å². The molecule has 6 N–H and O–H groups in total. The highest BCUT2D eigenvalue weighted by molar-refractivity contribution is 7.07. The molecule has 0 bridgehead atoms. The lowest BCUT2D eigenvalue weighted by molar-refractivity contribution is -0.136. The number of Topliss-reactive ketones (excluding diaryl/α,β-unsaturated/α-hetero) is 1. The summed E-state index contributed by atoms with van der Waals surface area (Å²) in [5.74, 6) is -2.62. The van der Waals surface area contributed by atoms with Crippen molar-refractivity contribution in [3.05, 3.63) is 94.6 Å². The van der Waals surface area contributed by atoms with Gasteiger partial charge in [0.15, 0.2) is 5.78 Å². The third kappa shape index (κ3) is 11.7. The third-order valence-corrected chi connectivity index (χ3v) is 9.67. The van der Waals surface area contributed by atoms with Gasteiger partial charge in [-0.2, -0.15) is 0 Å². The van der Waals surface area contributed by atoms with Gasteiger partial charge in [0.05, 0.1) is 28.9 Å². The van der Waals surface area contributed by atoms with E-state index in [9.17, 15) is 24.3 Å². The number of ketones is 1. The zero-order valence-electron chi connectivity index (χ0n) is 30.2. The SMILES string of the molecule is CCC(C)CNC(=O)C(N)[C@@H](O)[C@H](CC(C)C)C(=O)[C@H](Cc1cscn1)NC(=O)[C@H](Cc1cccc2ncccc12)NC(=O)OCc1ccccc1. The fourth-order valence-corrected chi connectivity index (χ4v) is 6.43. The zero-order chi connectivity index (χ0) is 37.6. The van der Waals surface area contributed by atoms with E-state index in [-0.39, 0.29) is 37.7 Å². The molecule has 13 heteroatoms. The summed E-state index contributed by atoms with van der Waals surface area (Å²) < 4.78 is 5.47. The first kappa shape index (κ1) is 40.1. The molecule has 52 heavy (non-hydrogen) atoms. The van der Waals surface area contributed by atoms with Gasteiger partial charge in [-0.15, -0.1) is 11.3 Å². The molecule has 0 radical (unpaired) electrons. The van der Waals surface area contributed by atoms with Crippen LogP contribution in [0.25, 0.3) is 10.9 Å². The van der Waals surface area contributed by atoms with Gasteiger partial charge in [-0.3, -0.25) is 19.4 Å². The van der Waals surface area contributed by atoms with Crippen LogP contribution in [0.3, 0.4) is 0 Å². The van der Waals surface area contributed by atoms with Crippen LogP contribution in [0.1, 0.15) is 57.4 Å². The molecule has 0 aliphatic carbocycles. The molecule has 2 aromatic heterocycles. The largest absolute Gasteiger partial charge is 0.445 e. The number of hydrogen-bond acceptors (Lipinski definition) is 10. The van der Waals surface area contributed by atoms with Crippen molar-refractivity contribution in [2.45, 2.75) is 84.2 Å². The Bertz CT molecular complexity index is 1750. The van der Waals surface area contributed by atoms with Crippen LogP contribution >= 0.6 is 11.3 Å². The van der Waals surface area contributed by atoms with Crippen LogP contribution in [0.15, 0.2) is 77.8 Å². The molecule has 3 amide bonds. The van der Waals surface area contributed by atoms with Gasteiger partial charge < -0.3 is 31.5 Å². The molecule has 278 valence electrons. The number of pyridine rings is 1. The van der Waals surface area contributed by atoms with Gasteiger partial charge in [0.2, 0.25) is 11.8 Å². The number of nitrogens with one attached hydrogen (secondary N) is 3. The van der Waals surface area contributed by atoms with Crippen molar-refractivity contribution >= 4 is 45.9 Å². The average Bonchev–Trinajstić information content (AvgIpc) is 3.67. The molecule has 0 aliphatic rings. The first-order valence-electron chi connectivity index (χ1n) is 17.7. The van der Waals surface area contributed by atoms with E-state index in [1.807, 2.05) is 82.3 Å². The van der Waals surface area contributed by atoms with Gasteiger partial charge in [0.25, 0.3) is 0 Å². The fourth-order valence-electron chi connectivity index (χ4n) is 5.86. The number of aliphatic hydroxyl groups is 1. The van der Waals surface area contributed by atoms with Crippen molar-refractivity contribution in [2.75, 3.05) is 6.54 Å².